The Hall–Kier alpha value is -2.88. The summed E-state index contributed by atoms with van der Waals surface area (Å²) < 4.78 is 38.0. The van der Waals surface area contributed by atoms with Gasteiger partial charge in [0.05, 0.1) is 18.2 Å². The summed E-state index contributed by atoms with van der Waals surface area (Å²) in [7, 11) is -2.08. The zero-order valence-electron chi connectivity index (χ0n) is 18.1. The van der Waals surface area contributed by atoms with Crippen LogP contribution in [-0.4, -0.2) is 61.8 Å². The first-order valence-electron chi connectivity index (χ1n) is 10.5. The minimum atomic E-state index is -3.61. The van der Waals surface area contributed by atoms with Crippen LogP contribution in [0.2, 0.25) is 5.02 Å². The average molecular weight is 490 g/mol. The van der Waals surface area contributed by atoms with Gasteiger partial charge in [-0.05, 0) is 48.5 Å². The molecule has 2 heterocycles. The minimum Gasteiger partial charge on any atom is -0.497 e. The molecular weight excluding hydrogens is 466 g/mol. The first-order chi connectivity index (χ1) is 15.9. The smallest absolute Gasteiger partial charge is 0.243 e. The molecule has 1 aliphatic heterocycles. The van der Waals surface area contributed by atoms with Crippen molar-refractivity contribution in [1.82, 2.24) is 14.2 Å². The second-order valence-electron chi connectivity index (χ2n) is 7.59. The third-order valence-electron chi connectivity index (χ3n) is 5.52. The fourth-order valence-electron chi connectivity index (χ4n) is 3.62. The Morgan fingerprint density at radius 3 is 2.36 bits per heavy atom. The van der Waals surface area contributed by atoms with Crippen molar-refractivity contribution in [3.8, 4) is 17.1 Å². The topological polar surface area (TPSA) is 93.0 Å². The van der Waals surface area contributed by atoms with Crippen LogP contribution in [0, 0.1) is 0 Å². The summed E-state index contributed by atoms with van der Waals surface area (Å²) in [5.41, 5.74) is 0.860. The normalized spacial score (nSPS) is 14.9. The summed E-state index contributed by atoms with van der Waals surface area (Å²) in [6.07, 6.45) is 2.24. The molecule has 0 unspecified atom stereocenters. The van der Waals surface area contributed by atoms with Crippen molar-refractivity contribution >= 4 is 27.5 Å². The number of benzene rings is 2. The number of aromatic nitrogens is 1. The van der Waals surface area contributed by atoms with Crippen LogP contribution in [-0.2, 0) is 21.2 Å². The molecule has 0 saturated carbocycles. The van der Waals surface area contributed by atoms with Crippen molar-refractivity contribution in [1.29, 1.82) is 0 Å². The molecule has 0 N–H and O–H groups in total. The number of hydrogen-bond acceptors (Lipinski definition) is 6. The van der Waals surface area contributed by atoms with Gasteiger partial charge in [0.25, 0.3) is 0 Å². The van der Waals surface area contributed by atoms with E-state index in [1.165, 1.54) is 23.5 Å². The zero-order valence-corrected chi connectivity index (χ0v) is 19.7. The van der Waals surface area contributed by atoms with Crippen LogP contribution >= 0.6 is 11.6 Å². The van der Waals surface area contributed by atoms with Crippen LogP contribution in [0.15, 0.2) is 64.0 Å². The van der Waals surface area contributed by atoms with E-state index in [9.17, 15) is 13.2 Å². The van der Waals surface area contributed by atoms with E-state index < -0.39 is 10.0 Å². The van der Waals surface area contributed by atoms with Crippen molar-refractivity contribution in [3.05, 3.63) is 65.6 Å². The summed E-state index contributed by atoms with van der Waals surface area (Å²) in [5, 5.41) is 0.640. The number of sulfonamides is 1. The summed E-state index contributed by atoms with van der Waals surface area (Å²) in [6.45, 7) is 1.19. The molecule has 8 nitrogen and oxygen atoms in total. The summed E-state index contributed by atoms with van der Waals surface area (Å²) in [6, 6.07) is 13.5. The number of oxazole rings is 1. The number of carbonyl (C=O) groups is 1. The van der Waals surface area contributed by atoms with Gasteiger partial charge in [0.15, 0.2) is 11.7 Å². The number of aryl methyl sites for hydroxylation is 1. The number of amides is 1. The van der Waals surface area contributed by atoms with Gasteiger partial charge in [0, 0.05) is 49.6 Å². The van der Waals surface area contributed by atoms with Crippen LogP contribution in [0.3, 0.4) is 0 Å². The average Bonchev–Trinajstić information content (AvgIpc) is 3.32. The molecule has 1 saturated heterocycles. The maximum atomic E-state index is 12.9. The molecule has 10 heteroatoms. The molecule has 0 atom stereocenters. The van der Waals surface area contributed by atoms with Crippen molar-refractivity contribution in [2.75, 3.05) is 33.3 Å². The van der Waals surface area contributed by atoms with Crippen molar-refractivity contribution in [3.63, 3.8) is 0 Å². The van der Waals surface area contributed by atoms with Crippen LogP contribution in [0.1, 0.15) is 12.3 Å². The van der Waals surface area contributed by atoms with E-state index in [0.717, 1.165) is 5.56 Å². The van der Waals surface area contributed by atoms with Crippen LogP contribution in [0.25, 0.3) is 11.3 Å². The number of methoxy groups -OCH3 is 1. The van der Waals surface area contributed by atoms with Crippen molar-refractivity contribution in [2.24, 2.45) is 0 Å². The number of ether oxygens (including phenoxy) is 1. The Bertz CT molecular complexity index is 1200. The molecule has 2 aromatic carbocycles. The second-order valence-corrected chi connectivity index (χ2v) is 9.96. The number of nitrogens with zero attached hydrogens (tertiary/aromatic N) is 3. The van der Waals surface area contributed by atoms with E-state index in [1.54, 1.807) is 35.4 Å². The van der Waals surface area contributed by atoms with E-state index in [0.29, 0.717) is 41.9 Å². The highest BCUT2D eigenvalue weighted by atomic mass is 35.5. The maximum absolute atomic E-state index is 12.9. The minimum absolute atomic E-state index is 0.0530. The molecule has 3 aromatic rings. The van der Waals surface area contributed by atoms with Gasteiger partial charge < -0.3 is 14.1 Å². The lowest BCUT2D eigenvalue weighted by atomic mass is 10.2. The Balaban J connectivity index is 1.29. The molecule has 0 bridgehead atoms. The highest BCUT2D eigenvalue weighted by Gasteiger charge is 2.30. The van der Waals surface area contributed by atoms with Gasteiger partial charge in [-0.1, -0.05) is 11.6 Å². The lowest BCUT2D eigenvalue weighted by Crippen LogP contribution is -2.50. The molecular formula is C23H24ClN3O5S. The summed E-state index contributed by atoms with van der Waals surface area (Å²) >= 11 is 5.91. The molecule has 4 rings (SSSR count). The quantitative estimate of drug-likeness (QED) is 0.504. The van der Waals surface area contributed by atoms with Gasteiger partial charge in [-0.3, -0.25) is 4.79 Å². The highest BCUT2D eigenvalue weighted by Crippen LogP contribution is 2.23. The number of hydrogen-bond donors (Lipinski definition) is 0. The third kappa shape index (κ3) is 5.38. The van der Waals surface area contributed by atoms with Gasteiger partial charge in [0.2, 0.25) is 15.9 Å². The first kappa shape index (κ1) is 23.3. The van der Waals surface area contributed by atoms with Crippen molar-refractivity contribution in [2.45, 2.75) is 17.7 Å². The lowest BCUT2D eigenvalue weighted by Gasteiger charge is -2.34. The molecule has 1 fully saturated rings. The standard InChI is InChI=1S/C23H24ClN3O5S/c1-31-19-6-8-20(9-7-19)33(29,30)27-14-12-26(13-15-27)23(28)11-10-22-25-16-21(32-22)17-2-4-18(24)5-3-17/h2-9,16H,10-15H2,1H3. The lowest BCUT2D eigenvalue weighted by molar-refractivity contribution is -0.132. The van der Waals surface area contributed by atoms with Crippen LogP contribution in [0.4, 0.5) is 0 Å². The van der Waals surface area contributed by atoms with Gasteiger partial charge in [-0.15, -0.1) is 0 Å². The number of halogens is 1. The molecule has 0 radical (unpaired) electrons. The fraction of sp³-hybridized carbons (Fsp3) is 0.304. The van der Waals surface area contributed by atoms with Crippen LogP contribution in [0.5, 0.6) is 5.75 Å². The number of piperazine rings is 1. The van der Waals surface area contributed by atoms with Crippen LogP contribution < -0.4 is 4.74 Å². The number of carbonyl (C=O) groups excluding carboxylic acids is 1. The SMILES string of the molecule is COc1ccc(S(=O)(=O)N2CCN(C(=O)CCc3ncc(-c4ccc(Cl)cc4)o3)CC2)cc1. The molecule has 1 amide bonds. The zero-order chi connectivity index (χ0) is 23.4. The van der Waals surface area contributed by atoms with Gasteiger partial charge >= 0.3 is 0 Å². The Labute approximate surface area is 197 Å². The third-order valence-corrected chi connectivity index (χ3v) is 7.69. The Morgan fingerprint density at radius 1 is 1.06 bits per heavy atom. The van der Waals surface area contributed by atoms with E-state index in [2.05, 4.69) is 4.98 Å². The second kappa shape index (κ2) is 9.94. The molecule has 0 aliphatic carbocycles. The Morgan fingerprint density at radius 2 is 1.73 bits per heavy atom. The molecule has 1 aromatic heterocycles. The predicted octanol–water partition coefficient (Wildman–Crippen LogP) is 3.47. The molecule has 0 spiro atoms. The molecule has 174 valence electrons. The molecule has 1 aliphatic rings. The van der Waals surface area contributed by atoms with Gasteiger partial charge in [-0.2, -0.15) is 4.31 Å². The van der Waals surface area contributed by atoms with E-state index in [1.807, 2.05) is 12.1 Å². The van der Waals surface area contributed by atoms with E-state index in [4.69, 9.17) is 20.8 Å². The first-order valence-corrected chi connectivity index (χ1v) is 12.3. The van der Waals surface area contributed by atoms with Gasteiger partial charge in [0.1, 0.15) is 5.75 Å². The van der Waals surface area contributed by atoms with Crippen molar-refractivity contribution < 1.29 is 22.4 Å². The molecule has 33 heavy (non-hydrogen) atoms. The fourth-order valence-corrected chi connectivity index (χ4v) is 5.17. The monoisotopic (exact) mass is 489 g/mol. The summed E-state index contributed by atoms with van der Waals surface area (Å²) in [5.74, 6) is 1.64. The maximum Gasteiger partial charge on any atom is 0.243 e. The van der Waals surface area contributed by atoms with Gasteiger partial charge in [-0.25, -0.2) is 13.4 Å². The predicted molar refractivity (Wildman–Crippen MR) is 124 cm³/mol. The number of rotatable bonds is 7. The Kier molecular flexibility index (Phi) is 7.02. The highest BCUT2D eigenvalue weighted by molar-refractivity contribution is 7.89. The summed E-state index contributed by atoms with van der Waals surface area (Å²) in [4.78, 5) is 18.8. The largest absolute Gasteiger partial charge is 0.497 e. The van der Waals surface area contributed by atoms with E-state index in [-0.39, 0.29) is 30.3 Å². The van der Waals surface area contributed by atoms with E-state index >= 15 is 0 Å².